The van der Waals surface area contributed by atoms with Gasteiger partial charge in [0, 0.05) is 24.9 Å². The number of methoxy groups -OCH3 is 1. The largest absolute Gasteiger partial charge is 0.465 e. The molecule has 0 saturated carbocycles. The summed E-state index contributed by atoms with van der Waals surface area (Å²) in [4.78, 5) is 21.4. The zero-order valence-corrected chi connectivity index (χ0v) is 18.1. The molecule has 0 aliphatic rings. The van der Waals surface area contributed by atoms with Crippen LogP contribution in [0, 0.1) is 5.92 Å². The van der Waals surface area contributed by atoms with Gasteiger partial charge in [-0.15, -0.1) is 0 Å². The number of aromatic nitrogens is 3. The molecule has 0 unspecified atom stereocenters. The fourth-order valence-electron chi connectivity index (χ4n) is 3.86. The highest BCUT2D eigenvalue weighted by molar-refractivity contribution is 6.08. The van der Waals surface area contributed by atoms with Crippen molar-refractivity contribution in [2.75, 3.05) is 12.8 Å². The third kappa shape index (κ3) is 3.96. The van der Waals surface area contributed by atoms with Crippen molar-refractivity contribution in [1.29, 1.82) is 0 Å². The van der Waals surface area contributed by atoms with Gasteiger partial charge in [0.1, 0.15) is 11.3 Å². The molecular weight excluding hydrogens is 390 g/mol. The molecular formula is C24H27N5O2. The molecule has 0 atom stereocenters. The van der Waals surface area contributed by atoms with E-state index in [0.29, 0.717) is 41.4 Å². The van der Waals surface area contributed by atoms with Crippen LogP contribution in [0.15, 0.2) is 42.5 Å². The first-order valence-electron chi connectivity index (χ1n) is 10.4. The molecule has 0 bridgehead atoms. The third-order valence-corrected chi connectivity index (χ3v) is 5.39. The normalized spacial score (nSPS) is 11.5. The lowest BCUT2D eigenvalue weighted by Crippen LogP contribution is -2.09. The van der Waals surface area contributed by atoms with Crippen molar-refractivity contribution in [3.05, 3.63) is 65.0 Å². The Kier molecular flexibility index (Phi) is 5.61. The second kappa shape index (κ2) is 8.35. The number of nitrogens with zero attached hydrogens (tertiary/aromatic N) is 3. The van der Waals surface area contributed by atoms with Crippen LogP contribution in [0.25, 0.3) is 21.9 Å². The van der Waals surface area contributed by atoms with Gasteiger partial charge in [-0.05, 0) is 35.2 Å². The standard InChI is InChI=1S/C24H27N5O2/c1-14(2)10-20-28-21-22(29(20)13-16-6-4-15(12-25)5-7-16)18-9-8-17(24(30)31-3)11-19(18)27-23(21)26/h4-9,11,14H,10,12-13,25H2,1-3H3,(H2,26,27). The maximum absolute atomic E-state index is 12.0. The van der Waals surface area contributed by atoms with Crippen molar-refractivity contribution in [2.45, 2.75) is 33.4 Å². The average Bonchev–Trinajstić information content (AvgIpc) is 3.11. The molecule has 2 aromatic carbocycles. The Morgan fingerprint density at radius 2 is 1.81 bits per heavy atom. The summed E-state index contributed by atoms with van der Waals surface area (Å²) in [5.41, 5.74) is 17.0. The molecule has 0 saturated heterocycles. The van der Waals surface area contributed by atoms with Gasteiger partial charge in [-0.2, -0.15) is 0 Å². The van der Waals surface area contributed by atoms with Crippen molar-refractivity contribution in [1.82, 2.24) is 14.5 Å². The minimum Gasteiger partial charge on any atom is -0.465 e. The molecule has 0 amide bonds. The van der Waals surface area contributed by atoms with Gasteiger partial charge in [0.15, 0.2) is 5.82 Å². The lowest BCUT2D eigenvalue weighted by Gasteiger charge is -2.13. The Labute approximate surface area is 181 Å². The predicted molar refractivity (Wildman–Crippen MR) is 123 cm³/mol. The summed E-state index contributed by atoms with van der Waals surface area (Å²) in [5, 5.41) is 0.901. The topological polar surface area (TPSA) is 109 Å². The average molecular weight is 418 g/mol. The lowest BCUT2D eigenvalue weighted by atomic mass is 10.1. The monoisotopic (exact) mass is 417 g/mol. The van der Waals surface area contributed by atoms with Crippen LogP contribution in [-0.4, -0.2) is 27.6 Å². The van der Waals surface area contributed by atoms with Gasteiger partial charge in [0.25, 0.3) is 0 Å². The van der Waals surface area contributed by atoms with E-state index >= 15 is 0 Å². The molecule has 4 aromatic rings. The maximum atomic E-state index is 12.0. The van der Waals surface area contributed by atoms with Gasteiger partial charge < -0.3 is 20.8 Å². The number of rotatable bonds is 6. The van der Waals surface area contributed by atoms with E-state index in [0.717, 1.165) is 34.3 Å². The molecule has 0 spiro atoms. The smallest absolute Gasteiger partial charge is 0.337 e. The van der Waals surface area contributed by atoms with E-state index in [4.69, 9.17) is 21.2 Å². The van der Waals surface area contributed by atoms with Gasteiger partial charge in [0.05, 0.1) is 23.7 Å². The summed E-state index contributed by atoms with van der Waals surface area (Å²) in [6.07, 6.45) is 0.816. The Hall–Kier alpha value is -3.45. The number of benzene rings is 2. The van der Waals surface area contributed by atoms with Crippen LogP contribution < -0.4 is 11.5 Å². The number of pyridine rings is 1. The van der Waals surface area contributed by atoms with Crippen molar-refractivity contribution in [3.63, 3.8) is 0 Å². The van der Waals surface area contributed by atoms with Crippen LogP contribution in [0.3, 0.4) is 0 Å². The second-order valence-corrected chi connectivity index (χ2v) is 8.15. The number of anilines is 1. The van der Waals surface area contributed by atoms with Crippen molar-refractivity contribution >= 4 is 33.7 Å². The quantitative estimate of drug-likeness (QED) is 0.464. The van der Waals surface area contributed by atoms with E-state index in [9.17, 15) is 4.79 Å². The molecule has 7 heteroatoms. The molecule has 0 aliphatic carbocycles. The molecule has 4 N–H and O–H groups in total. The summed E-state index contributed by atoms with van der Waals surface area (Å²) in [6.45, 7) is 5.51. The molecule has 0 aliphatic heterocycles. The van der Waals surface area contributed by atoms with Crippen LogP contribution in [0.4, 0.5) is 5.82 Å². The van der Waals surface area contributed by atoms with Crippen LogP contribution in [0.1, 0.15) is 41.2 Å². The highest BCUT2D eigenvalue weighted by atomic mass is 16.5. The second-order valence-electron chi connectivity index (χ2n) is 8.15. The first-order valence-corrected chi connectivity index (χ1v) is 10.4. The lowest BCUT2D eigenvalue weighted by molar-refractivity contribution is 0.0601. The molecule has 0 fully saturated rings. The maximum Gasteiger partial charge on any atom is 0.337 e. The number of ether oxygens (including phenoxy) is 1. The first kappa shape index (κ1) is 20.8. The van der Waals surface area contributed by atoms with Gasteiger partial charge in [0.2, 0.25) is 0 Å². The number of esters is 1. The fourth-order valence-corrected chi connectivity index (χ4v) is 3.86. The van der Waals surface area contributed by atoms with E-state index < -0.39 is 5.97 Å². The summed E-state index contributed by atoms with van der Waals surface area (Å²) < 4.78 is 7.06. The number of carbonyl (C=O) groups excluding carboxylic acids is 1. The van der Waals surface area contributed by atoms with Crippen molar-refractivity contribution in [3.8, 4) is 0 Å². The molecule has 2 heterocycles. The Morgan fingerprint density at radius 3 is 2.45 bits per heavy atom. The Bertz CT molecular complexity index is 1260. The minimum absolute atomic E-state index is 0.353. The van der Waals surface area contributed by atoms with E-state index in [1.54, 1.807) is 12.1 Å². The summed E-state index contributed by atoms with van der Waals surface area (Å²) in [5.74, 6) is 1.34. The van der Waals surface area contributed by atoms with Gasteiger partial charge in [-0.3, -0.25) is 0 Å². The zero-order chi connectivity index (χ0) is 22.1. The number of hydrogen-bond donors (Lipinski definition) is 2. The molecule has 2 aromatic heterocycles. The number of hydrogen-bond acceptors (Lipinski definition) is 6. The number of imidazole rings is 1. The van der Waals surface area contributed by atoms with Crippen LogP contribution in [-0.2, 0) is 24.2 Å². The SMILES string of the molecule is COC(=O)c1ccc2c(c1)nc(N)c1nc(CC(C)C)n(Cc3ccc(CN)cc3)c12. The Balaban J connectivity index is 1.94. The summed E-state index contributed by atoms with van der Waals surface area (Å²) in [7, 11) is 1.36. The Morgan fingerprint density at radius 1 is 1.10 bits per heavy atom. The van der Waals surface area contributed by atoms with E-state index in [-0.39, 0.29) is 0 Å². The fraction of sp³-hybridized carbons (Fsp3) is 0.292. The van der Waals surface area contributed by atoms with Crippen LogP contribution >= 0.6 is 0 Å². The first-order chi connectivity index (χ1) is 14.9. The number of fused-ring (bicyclic) bond motifs is 3. The minimum atomic E-state index is -0.406. The highest BCUT2D eigenvalue weighted by Crippen LogP contribution is 2.31. The molecule has 31 heavy (non-hydrogen) atoms. The molecule has 0 radical (unpaired) electrons. The van der Waals surface area contributed by atoms with Gasteiger partial charge >= 0.3 is 5.97 Å². The number of nitrogens with two attached hydrogens (primary N) is 2. The molecule has 7 nitrogen and oxygen atoms in total. The molecule has 4 rings (SSSR count). The number of nitrogen functional groups attached to an aromatic ring is 1. The molecule has 160 valence electrons. The zero-order valence-electron chi connectivity index (χ0n) is 18.1. The van der Waals surface area contributed by atoms with Gasteiger partial charge in [-0.25, -0.2) is 14.8 Å². The van der Waals surface area contributed by atoms with Gasteiger partial charge in [-0.1, -0.05) is 38.1 Å². The van der Waals surface area contributed by atoms with Crippen molar-refractivity contribution < 1.29 is 9.53 Å². The summed E-state index contributed by atoms with van der Waals surface area (Å²) in [6, 6.07) is 13.6. The van der Waals surface area contributed by atoms with E-state index in [1.807, 2.05) is 18.2 Å². The van der Waals surface area contributed by atoms with Crippen molar-refractivity contribution in [2.24, 2.45) is 11.7 Å². The predicted octanol–water partition coefficient (Wildman–Crippen LogP) is 3.66. The summed E-state index contributed by atoms with van der Waals surface area (Å²) >= 11 is 0. The number of carbonyl (C=O) groups is 1. The van der Waals surface area contributed by atoms with Crippen LogP contribution in [0.2, 0.25) is 0 Å². The van der Waals surface area contributed by atoms with Crippen LogP contribution in [0.5, 0.6) is 0 Å². The third-order valence-electron chi connectivity index (χ3n) is 5.39. The van der Waals surface area contributed by atoms with E-state index in [1.165, 1.54) is 7.11 Å². The van der Waals surface area contributed by atoms with E-state index in [2.05, 4.69) is 35.5 Å². The highest BCUT2D eigenvalue weighted by Gasteiger charge is 2.19.